The third-order valence-electron chi connectivity index (χ3n) is 4.39. The normalized spacial score (nSPS) is 15.8. The van der Waals surface area contributed by atoms with Gasteiger partial charge in [-0.15, -0.1) is 0 Å². The number of hydrogen-bond donors (Lipinski definition) is 1. The van der Waals surface area contributed by atoms with E-state index in [0.717, 1.165) is 11.1 Å². The Morgan fingerprint density at radius 2 is 1.72 bits per heavy atom. The van der Waals surface area contributed by atoms with Crippen molar-refractivity contribution in [1.82, 2.24) is 0 Å². The fourth-order valence-electron chi connectivity index (χ4n) is 3.29. The van der Waals surface area contributed by atoms with Crippen LogP contribution in [0.3, 0.4) is 0 Å². The molecule has 25 heavy (non-hydrogen) atoms. The Bertz CT molecular complexity index is 803. The summed E-state index contributed by atoms with van der Waals surface area (Å²) in [5.74, 6) is 2.24. The van der Waals surface area contributed by atoms with E-state index in [4.69, 9.17) is 18.9 Å². The molecule has 1 N–H and O–H groups in total. The van der Waals surface area contributed by atoms with Gasteiger partial charge in [-0.2, -0.15) is 0 Å². The minimum absolute atomic E-state index is 0.0716. The Balaban J connectivity index is 2.22. The highest BCUT2D eigenvalue weighted by Gasteiger charge is 2.33. The van der Waals surface area contributed by atoms with E-state index in [2.05, 4.69) is 5.32 Å². The van der Waals surface area contributed by atoms with Gasteiger partial charge in [0.05, 0.1) is 34.1 Å². The third-order valence-corrected chi connectivity index (χ3v) is 4.39. The van der Waals surface area contributed by atoms with Gasteiger partial charge in [0.1, 0.15) is 11.5 Å². The van der Waals surface area contributed by atoms with Crippen LogP contribution in [0.4, 0.5) is 5.69 Å². The van der Waals surface area contributed by atoms with Crippen molar-refractivity contribution in [3.8, 4) is 23.0 Å². The molecule has 6 nitrogen and oxygen atoms in total. The second kappa shape index (κ2) is 6.93. The molecule has 0 unspecified atom stereocenters. The number of carbonyl (C=O) groups is 1. The van der Waals surface area contributed by atoms with Crippen molar-refractivity contribution in [3.05, 3.63) is 41.5 Å². The molecule has 1 atom stereocenters. The molecule has 3 rings (SSSR count). The molecule has 0 spiro atoms. The molecule has 1 heterocycles. The smallest absolute Gasteiger partial charge is 0.225 e. The molecular weight excluding hydrogens is 322 g/mol. The molecule has 2 aromatic rings. The van der Waals surface area contributed by atoms with Crippen molar-refractivity contribution in [2.75, 3.05) is 33.8 Å². The molecule has 0 aromatic heterocycles. The quantitative estimate of drug-likeness (QED) is 0.903. The summed E-state index contributed by atoms with van der Waals surface area (Å²) in [6.07, 6.45) is 0.291. The van der Waals surface area contributed by atoms with Gasteiger partial charge >= 0.3 is 0 Å². The summed E-state index contributed by atoms with van der Waals surface area (Å²) in [6, 6.07) is 9.28. The van der Waals surface area contributed by atoms with Crippen LogP contribution in [0, 0.1) is 0 Å². The van der Waals surface area contributed by atoms with Crippen LogP contribution in [0.15, 0.2) is 30.3 Å². The van der Waals surface area contributed by atoms with Gasteiger partial charge in [-0.05, 0) is 6.07 Å². The highest BCUT2D eigenvalue weighted by molar-refractivity contribution is 5.96. The SMILES string of the molecule is COc1cc2c(c(OC)c1)[C@@H](c1cccc(OC)c1OC)CC(=O)N2. The zero-order valence-electron chi connectivity index (χ0n) is 14.7. The van der Waals surface area contributed by atoms with Crippen LogP contribution < -0.4 is 24.3 Å². The molecular formula is C19H21NO5. The lowest BCUT2D eigenvalue weighted by molar-refractivity contribution is -0.116. The minimum atomic E-state index is -0.213. The van der Waals surface area contributed by atoms with E-state index in [-0.39, 0.29) is 11.8 Å². The van der Waals surface area contributed by atoms with Gasteiger partial charge in [-0.1, -0.05) is 12.1 Å². The zero-order chi connectivity index (χ0) is 18.0. The number of para-hydroxylation sites is 1. The molecule has 0 aliphatic carbocycles. The summed E-state index contributed by atoms with van der Waals surface area (Å²) in [5, 5.41) is 2.90. The first-order valence-corrected chi connectivity index (χ1v) is 7.89. The molecule has 1 amide bonds. The number of carbonyl (C=O) groups excluding carboxylic acids is 1. The number of methoxy groups -OCH3 is 4. The van der Waals surface area contributed by atoms with E-state index in [1.807, 2.05) is 24.3 Å². The van der Waals surface area contributed by atoms with Crippen molar-refractivity contribution in [3.63, 3.8) is 0 Å². The maximum atomic E-state index is 12.3. The van der Waals surface area contributed by atoms with E-state index >= 15 is 0 Å². The zero-order valence-corrected chi connectivity index (χ0v) is 14.7. The van der Waals surface area contributed by atoms with Crippen LogP contribution in [-0.4, -0.2) is 34.3 Å². The average Bonchev–Trinajstić information content (AvgIpc) is 2.65. The number of hydrogen-bond acceptors (Lipinski definition) is 5. The summed E-state index contributed by atoms with van der Waals surface area (Å²) in [4.78, 5) is 12.3. The van der Waals surface area contributed by atoms with E-state index in [1.54, 1.807) is 34.5 Å². The highest BCUT2D eigenvalue weighted by Crippen LogP contribution is 2.48. The first-order valence-electron chi connectivity index (χ1n) is 7.89. The summed E-state index contributed by atoms with van der Waals surface area (Å²) in [5.41, 5.74) is 2.46. The fourth-order valence-corrected chi connectivity index (χ4v) is 3.29. The second-order valence-electron chi connectivity index (χ2n) is 5.68. The maximum absolute atomic E-state index is 12.3. The van der Waals surface area contributed by atoms with E-state index in [9.17, 15) is 4.79 Å². The Morgan fingerprint density at radius 1 is 0.960 bits per heavy atom. The molecule has 0 saturated carbocycles. The van der Waals surface area contributed by atoms with Crippen LogP contribution in [0.1, 0.15) is 23.5 Å². The van der Waals surface area contributed by atoms with Crippen LogP contribution in [-0.2, 0) is 4.79 Å². The van der Waals surface area contributed by atoms with Crippen LogP contribution in [0.5, 0.6) is 23.0 Å². The van der Waals surface area contributed by atoms with Gasteiger partial charge in [-0.3, -0.25) is 4.79 Å². The third kappa shape index (κ3) is 2.95. The Labute approximate surface area is 146 Å². The first-order chi connectivity index (χ1) is 12.1. The van der Waals surface area contributed by atoms with Crippen LogP contribution in [0.2, 0.25) is 0 Å². The van der Waals surface area contributed by atoms with Crippen molar-refractivity contribution >= 4 is 11.6 Å². The van der Waals surface area contributed by atoms with Crippen molar-refractivity contribution in [2.45, 2.75) is 12.3 Å². The second-order valence-corrected chi connectivity index (χ2v) is 5.68. The van der Waals surface area contributed by atoms with Crippen LogP contribution >= 0.6 is 0 Å². The molecule has 1 aliphatic rings. The fraction of sp³-hybridized carbons (Fsp3) is 0.316. The first kappa shape index (κ1) is 17.0. The van der Waals surface area contributed by atoms with Gasteiger partial charge in [0.2, 0.25) is 5.91 Å². The van der Waals surface area contributed by atoms with Gasteiger partial charge in [0.15, 0.2) is 11.5 Å². The Morgan fingerprint density at radius 3 is 2.36 bits per heavy atom. The summed E-state index contributed by atoms with van der Waals surface area (Å²) in [7, 11) is 6.37. The highest BCUT2D eigenvalue weighted by atomic mass is 16.5. The minimum Gasteiger partial charge on any atom is -0.497 e. The predicted molar refractivity (Wildman–Crippen MR) is 94.2 cm³/mol. The van der Waals surface area contributed by atoms with Crippen molar-refractivity contribution in [2.24, 2.45) is 0 Å². The number of rotatable bonds is 5. The molecule has 6 heteroatoms. The van der Waals surface area contributed by atoms with Gasteiger partial charge < -0.3 is 24.3 Å². The van der Waals surface area contributed by atoms with Gasteiger partial charge in [0.25, 0.3) is 0 Å². The van der Waals surface area contributed by atoms with Crippen molar-refractivity contribution in [1.29, 1.82) is 0 Å². The van der Waals surface area contributed by atoms with Gasteiger partial charge in [-0.25, -0.2) is 0 Å². The molecule has 0 saturated heterocycles. The molecule has 0 bridgehead atoms. The van der Waals surface area contributed by atoms with Gasteiger partial charge in [0, 0.05) is 35.6 Å². The number of nitrogens with one attached hydrogen (secondary N) is 1. The molecule has 132 valence electrons. The summed E-state index contributed by atoms with van der Waals surface area (Å²) < 4.78 is 21.8. The Hall–Kier alpha value is -2.89. The molecule has 0 fully saturated rings. The predicted octanol–water partition coefficient (Wildman–Crippen LogP) is 3.20. The molecule has 0 radical (unpaired) electrons. The average molecular weight is 343 g/mol. The lowest BCUT2D eigenvalue weighted by atomic mass is 9.83. The summed E-state index contributed by atoms with van der Waals surface area (Å²) >= 11 is 0. The lowest BCUT2D eigenvalue weighted by Gasteiger charge is -2.29. The summed E-state index contributed by atoms with van der Waals surface area (Å²) in [6.45, 7) is 0. The number of benzene rings is 2. The number of fused-ring (bicyclic) bond motifs is 1. The van der Waals surface area contributed by atoms with E-state index < -0.39 is 0 Å². The number of anilines is 1. The topological polar surface area (TPSA) is 66.0 Å². The van der Waals surface area contributed by atoms with Crippen LogP contribution in [0.25, 0.3) is 0 Å². The standard InChI is InChI=1S/C19H21NO5/c1-22-11-8-14-18(16(9-11)24-3)13(10-17(21)20-14)12-6-5-7-15(23-2)19(12)25-4/h5-9,13H,10H2,1-4H3,(H,20,21)/t13-/m1/s1. The van der Waals surface area contributed by atoms with Crippen molar-refractivity contribution < 1.29 is 23.7 Å². The molecule has 2 aromatic carbocycles. The lowest BCUT2D eigenvalue weighted by Crippen LogP contribution is -2.24. The Kier molecular flexibility index (Phi) is 4.70. The maximum Gasteiger partial charge on any atom is 0.225 e. The largest absolute Gasteiger partial charge is 0.497 e. The number of ether oxygens (including phenoxy) is 4. The van der Waals surface area contributed by atoms with E-state index in [1.165, 1.54) is 0 Å². The molecule has 1 aliphatic heterocycles. The number of amides is 1. The monoisotopic (exact) mass is 343 g/mol. The van der Waals surface area contributed by atoms with E-state index in [0.29, 0.717) is 35.1 Å².